The number of methoxy groups -OCH3 is 1. The van der Waals surface area contributed by atoms with Gasteiger partial charge in [0.1, 0.15) is 10.6 Å². The summed E-state index contributed by atoms with van der Waals surface area (Å²) in [5, 5.41) is 8.32. The van der Waals surface area contributed by atoms with E-state index in [9.17, 15) is 4.79 Å². The molecule has 28 heavy (non-hydrogen) atoms. The van der Waals surface area contributed by atoms with E-state index in [1.165, 1.54) is 11.5 Å². The molecule has 0 aliphatic carbocycles. The second-order valence-electron chi connectivity index (χ2n) is 7.02. The zero-order valence-electron chi connectivity index (χ0n) is 15.9. The van der Waals surface area contributed by atoms with Gasteiger partial charge in [0.25, 0.3) is 0 Å². The fraction of sp³-hybridized carbons (Fsp3) is 0.400. The number of hydrogen-bond donors (Lipinski definition) is 0. The summed E-state index contributed by atoms with van der Waals surface area (Å²) in [6, 6.07) is 9.54. The Bertz CT molecular complexity index is 951. The maximum absolute atomic E-state index is 12.8. The van der Waals surface area contributed by atoms with Crippen LogP contribution in [0.3, 0.4) is 0 Å². The zero-order chi connectivity index (χ0) is 19.5. The molecule has 2 aromatic heterocycles. The fourth-order valence-corrected chi connectivity index (χ4v) is 4.26. The SMILES string of the molecule is COc1ccc(CC(=O)N2CCCC(c3nnsc3-c3cc(C)no3)C2)cc1. The van der Waals surface area contributed by atoms with Crippen LogP contribution in [0.4, 0.5) is 0 Å². The molecule has 3 heterocycles. The Morgan fingerprint density at radius 1 is 1.36 bits per heavy atom. The lowest BCUT2D eigenvalue weighted by atomic mass is 9.93. The summed E-state index contributed by atoms with van der Waals surface area (Å²) in [5.41, 5.74) is 2.72. The third-order valence-electron chi connectivity index (χ3n) is 5.04. The van der Waals surface area contributed by atoms with Crippen molar-refractivity contribution in [1.82, 2.24) is 19.6 Å². The van der Waals surface area contributed by atoms with Crippen molar-refractivity contribution in [3.63, 3.8) is 0 Å². The van der Waals surface area contributed by atoms with E-state index < -0.39 is 0 Å². The minimum Gasteiger partial charge on any atom is -0.497 e. The molecule has 146 valence electrons. The quantitative estimate of drug-likeness (QED) is 0.655. The molecule has 1 aromatic carbocycles. The van der Waals surface area contributed by atoms with Crippen LogP contribution in [0.15, 0.2) is 34.9 Å². The van der Waals surface area contributed by atoms with Gasteiger partial charge in [-0.3, -0.25) is 4.79 Å². The zero-order valence-corrected chi connectivity index (χ0v) is 16.7. The van der Waals surface area contributed by atoms with Crippen molar-refractivity contribution in [3.8, 4) is 16.4 Å². The standard InChI is InChI=1S/C20H22N4O3S/c1-13-10-17(27-22-13)20-19(21-23-28-20)15-4-3-9-24(12-15)18(25)11-14-5-7-16(26-2)8-6-14/h5-8,10,15H,3-4,9,11-12H2,1-2H3. The molecular weight excluding hydrogens is 376 g/mol. The van der Waals surface area contributed by atoms with Crippen molar-refractivity contribution in [1.29, 1.82) is 0 Å². The van der Waals surface area contributed by atoms with Crippen LogP contribution in [0, 0.1) is 6.92 Å². The molecule has 0 radical (unpaired) electrons. The Kier molecular flexibility index (Phi) is 5.38. The summed E-state index contributed by atoms with van der Waals surface area (Å²) in [7, 11) is 1.63. The highest BCUT2D eigenvalue weighted by molar-refractivity contribution is 7.09. The number of ether oxygens (including phenoxy) is 1. The maximum atomic E-state index is 12.8. The molecular formula is C20H22N4O3S. The van der Waals surface area contributed by atoms with Crippen LogP contribution < -0.4 is 4.74 Å². The number of piperidine rings is 1. The van der Waals surface area contributed by atoms with Crippen LogP contribution in [0.25, 0.3) is 10.6 Å². The lowest BCUT2D eigenvalue weighted by Crippen LogP contribution is -2.40. The third kappa shape index (κ3) is 3.91. The van der Waals surface area contributed by atoms with Gasteiger partial charge in [-0.15, -0.1) is 5.10 Å². The molecule has 1 fully saturated rings. The summed E-state index contributed by atoms with van der Waals surface area (Å²) < 4.78 is 14.7. The monoisotopic (exact) mass is 398 g/mol. The minimum absolute atomic E-state index is 0.134. The van der Waals surface area contributed by atoms with Gasteiger partial charge in [0.05, 0.1) is 24.9 Å². The maximum Gasteiger partial charge on any atom is 0.227 e. The number of amides is 1. The first-order valence-electron chi connectivity index (χ1n) is 9.30. The number of hydrogen-bond acceptors (Lipinski definition) is 7. The topological polar surface area (TPSA) is 81.4 Å². The molecule has 0 spiro atoms. The van der Waals surface area contributed by atoms with Gasteiger partial charge in [-0.2, -0.15) is 0 Å². The number of aromatic nitrogens is 3. The molecule has 1 atom stereocenters. The number of nitrogens with zero attached hydrogens (tertiary/aromatic N) is 4. The first-order valence-corrected chi connectivity index (χ1v) is 10.1. The van der Waals surface area contributed by atoms with Gasteiger partial charge < -0.3 is 14.2 Å². The number of carbonyl (C=O) groups excluding carboxylic acids is 1. The van der Waals surface area contributed by atoms with Crippen LogP contribution in [0.1, 0.15) is 35.7 Å². The van der Waals surface area contributed by atoms with Crippen molar-refractivity contribution in [3.05, 3.63) is 47.3 Å². The molecule has 1 aliphatic rings. The predicted molar refractivity (Wildman–Crippen MR) is 105 cm³/mol. The number of aryl methyl sites for hydroxylation is 1. The van der Waals surface area contributed by atoms with Crippen LogP contribution in [-0.2, 0) is 11.2 Å². The molecule has 4 rings (SSSR count). The lowest BCUT2D eigenvalue weighted by Gasteiger charge is -2.32. The normalized spacial score (nSPS) is 16.9. The highest BCUT2D eigenvalue weighted by atomic mass is 32.1. The summed E-state index contributed by atoms with van der Waals surface area (Å²) in [4.78, 5) is 15.7. The second kappa shape index (κ2) is 8.10. The Balaban J connectivity index is 1.46. The second-order valence-corrected chi connectivity index (χ2v) is 7.78. The summed E-state index contributed by atoms with van der Waals surface area (Å²) >= 11 is 1.32. The summed E-state index contributed by atoms with van der Waals surface area (Å²) in [6.45, 7) is 3.32. The molecule has 0 saturated carbocycles. The van der Waals surface area contributed by atoms with Crippen LogP contribution in [-0.4, -0.2) is 45.7 Å². The van der Waals surface area contributed by atoms with Gasteiger partial charge in [-0.25, -0.2) is 0 Å². The first kappa shape index (κ1) is 18.6. The van der Waals surface area contributed by atoms with E-state index >= 15 is 0 Å². The molecule has 1 amide bonds. The first-order chi connectivity index (χ1) is 13.6. The van der Waals surface area contributed by atoms with E-state index in [-0.39, 0.29) is 11.8 Å². The highest BCUT2D eigenvalue weighted by Crippen LogP contribution is 2.35. The number of likely N-dealkylation sites (tertiary alicyclic amines) is 1. The minimum atomic E-state index is 0.134. The van der Waals surface area contributed by atoms with E-state index in [2.05, 4.69) is 14.7 Å². The highest BCUT2D eigenvalue weighted by Gasteiger charge is 2.29. The molecule has 8 heteroatoms. The van der Waals surface area contributed by atoms with Crippen molar-refractivity contribution in [2.75, 3.05) is 20.2 Å². The lowest BCUT2D eigenvalue weighted by molar-refractivity contribution is -0.131. The molecule has 1 unspecified atom stereocenters. The molecule has 0 N–H and O–H groups in total. The fourth-order valence-electron chi connectivity index (χ4n) is 3.56. The molecule has 1 aliphatic heterocycles. The van der Waals surface area contributed by atoms with Gasteiger partial charge in [-0.1, -0.05) is 21.8 Å². The van der Waals surface area contributed by atoms with Gasteiger partial charge in [-0.05, 0) is 49.0 Å². The third-order valence-corrected chi connectivity index (χ3v) is 5.80. The van der Waals surface area contributed by atoms with E-state index in [0.717, 1.165) is 47.0 Å². The van der Waals surface area contributed by atoms with E-state index in [1.54, 1.807) is 7.11 Å². The van der Waals surface area contributed by atoms with Gasteiger partial charge >= 0.3 is 0 Å². The smallest absolute Gasteiger partial charge is 0.227 e. The Labute approximate surface area is 167 Å². The van der Waals surface area contributed by atoms with Crippen molar-refractivity contribution < 1.29 is 14.1 Å². The molecule has 3 aromatic rings. The van der Waals surface area contributed by atoms with Crippen molar-refractivity contribution in [2.24, 2.45) is 0 Å². The average Bonchev–Trinajstić information content (AvgIpc) is 3.37. The van der Waals surface area contributed by atoms with E-state index in [1.807, 2.05) is 42.2 Å². The van der Waals surface area contributed by atoms with E-state index in [0.29, 0.717) is 18.7 Å². The number of rotatable bonds is 5. The summed E-state index contributed by atoms with van der Waals surface area (Å²) in [6.07, 6.45) is 2.32. The van der Waals surface area contributed by atoms with Gasteiger partial charge in [0.2, 0.25) is 5.91 Å². The number of benzene rings is 1. The Hall–Kier alpha value is -2.74. The van der Waals surface area contributed by atoms with Gasteiger partial charge in [0, 0.05) is 25.1 Å². The predicted octanol–water partition coefficient (Wildman–Crippen LogP) is 3.46. The number of carbonyl (C=O) groups is 1. The molecule has 7 nitrogen and oxygen atoms in total. The van der Waals surface area contributed by atoms with Gasteiger partial charge in [0.15, 0.2) is 5.76 Å². The van der Waals surface area contributed by atoms with Crippen LogP contribution in [0.2, 0.25) is 0 Å². The van der Waals surface area contributed by atoms with Crippen LogP contribution >= 0.6 is 11.5 Å². The Morgan fingerprint density at radius 3 is 2.89 bits per heavy atom. The molecule has 0 bridgehead atoms. The van der Waals surface area contributed by atoms with Crippen molar-refractivity contribution in [2.45, 2.75) is 32.1 Å². The van der Waals surface area contributed by atoms with Crippen LogP contribution in [0.5, 0.6) is 5.75 Å². The largest absolute Gasteiger partial charge is 0.497 e. The molecule has 1 saturated heterocycles. The average molecular weight is 398 g/mol. The summed E-state index contributed by atoms with van der Waals surface area (Å²) in [5.74, 6) is 1.78. The van der Waals surface area contributed by atoms with Crippen molar-refractivity contribution >= 4 is 17.4 Å². The Morgan fingerprint density at radius 2 is 2.18 bits per heavy atom. The van der Waals surface area contributed by atoms with E-state index in [4.69, 9.17) is 9.26 Å².